The molecule has 0 N–H and O–H groups in total. The van der Waals surface area contributed by atoms with Crippen LogP contribution in [0.4, 0.5) is 0 Å². The van der Waals surface area contributed by atoms with Gasteiger partial charge in [0.2, 0.25) is 0 Å². The van der Waals surface area contributed by atoms with Crippen LogP contribution in [0.2, 0.25) is 0 Å². The number of fused-ring (bicyclic) bond motifs is 7. The average Bonchev–Trinajstić information content (AvgIpc) is 3.10. The fourth-order valence-electron chi connectivity index (χ4n) is 4.06. The van der Waals surface area contributed by atoms with E-state index in [9.17, 15) is 0 Å². The first-order valence-electron chi connectivity index (χ1n) is 8.48. The van der Waals surface area contributed by atoms with Gasteiger partial charge in [0.1, 0.15) is 11.2 Å². The molecule has 0 fully saturated rings. The highest BCUT2D eigenvalue weighted by atomic mass is 16.3. The molecule has 0 saturated heterocycles. The Morgan fingerprint density at radius 1 is 0.833 bits per heavy atom. The van der Waals surface area contributed by atoms with Gasteiger partial charge in [-0.2, -0.15) is 0 Å². The molecule has 0 saturated carbocycles. The van der Waals surface area contributed by atoms with E-state index >= 15 is 0 Å². The number of furan rings is 1. The Morgan fingerprint density at radius 3 is 2.33 bits per heavy atom. The van der Waals surface area contributed by atoms with Crippen molar-refractivity contribution in [3.05, 3.63) is 60.2 Å². The first-order valence-corrected chi connectivity index (χ1v) is 8.48. The fraction of sp³-hybridized carbons (Fsp3) is 0.182. The van der Waals surface area contributed by atoms with Gasteiger partial charge in [0.05, 0.1) is 10.9 Å². The van der Waals surface area contributed by atoms with Crippen LogP contribution in [0, 0.1) is 0 Å². The third-order valence-corrected chi connectivity index (χ3v) is 5.16. The Kier molecular flexibility index (Phi) is 2.64. The molecule has 0 amide bonds. The van der Waals surface area contributed by atoms with Crippen molar-refractivity contribution in [2.75, 3.05) is 0 Å². The summed E-state index contributed by atoms with van der Waals surface area (Å²) >= 11 is 0. The lowest BCUT2D eigenvalue weighted by atomic mass is 9.95. The topological polar surface area (TPSA) is 18.1 Å². The molecule has 5 aromatic rings. The molecular weight excluding hydrogens is 294 g/mol. The lowest BCUT2D eigenvalue weighted by Gasteiger charge is -2.09. The van der Waals surface area contributed by atoms with Crippen LogP contribution in [0.15, 0.2) is 59.0 Å². The lowest BCUT2D eigenvalue weighted by molar-refractivity contribution is 0.667. The molecule has 2 heterocycles. The Morgan fingerprint density at radius 2 is 1.54 bits per heavy atom. The Hall–Kier alpha value is -2.74. The quantitative estimate of drug-likeness (QED) is 0.352. The monoisotopic (exact) mass is 313 g/mol. The minimum absolute atomic E-state index is 0.441. The van der Waals surface area contributed by atoms with E-state index in [4.69, 9.17) is 4.42 Å². The van der Waals surface area contributed by atoms with E-state index in [1.807, 2.05) is 6.07 Å². The van der Waals surface area contributed by atoms with E-state index in [1.165, 1.54) is 38.1 Å². The number of benzene rings is 3. The number of para-hydroxylation sites is 2. The van der Waals surface area contributed by atoms with Crippen LogP contribution in [0.3, 0.4) is 0 Å². The van der Waals surface area contributed by atoms with Gasteiger partial charge in [-0.1, -0.05) is 50.2 Å². The highest BCUT2D eigenvalue weighted by Gasteiger charge is 2.20. The van der Waals surface area contributed by atoms with Gasteiger partial charge in [0, 0.05) is 28.7 Å². The summed E-state index contributed by atoms with van der Waals surface area (Å²) in [4.78, 5) is 0. The zero-order chi connectivity index (χ0) is 16.4. The fourth-order valence-corrected chi connectivity index (χ4v) is 4.06. The molecule has 118 valence electrons. The van der Waals surface area contributed by atoms with Crippen LogP contribution >= 0.6 is 0 Å². The molecular formula is C22H19NO. The van der Waals surface area contributed by atoms with Gasteiger partial charge in [0.25, 0.3) is 0 Å². The van der Waals surface area contributed by atoms with E-state index in [-0.39, 0.29) is 0 Å². The van der Waals surface area contributed by atoms with Crippen molar-refractivity contribution in [3.63, 3.8) is 0 Å². The molecule has 0 bridgehead atoms. The maximum absolute atomic E-state index is 6.19. The van der Waals surface area contributed by atoms with E-state index in [1.54, 1.807) is 0 Å². The van der Waals surface area contributed by atoms with Crippen molar-refractivity contribution >= 4 is 43.7 Å². The Labute approximate surface area is 140 Å². The van der Waals surface area contributed by atoms with Crippen molar-refractivity contribution in [2.24, 2.45) is 7.05 Å². The molecule has 0 spiro atoms. The lowest BCUT2D eigenvalue weighted by Crippen LogP contribution is -1.91. The molecule has 0 atom stereocenters. The largest absolute Gasteiger partial charge is 0.456 e. The normalized spacial score (nSPS) is 12.3. The van der Waals surface area contributed by atoms with Gasteiger partial charge in [-0.15, -0.1) is 0 Å². The first kappa shape index (κ1) is 13.7. The average molecular weight is 313 g/mol. The summed E-state index contributed by atoms with van der Waals surface area (Å²) in [6.07, 6.45) is 0. The summed E-state index contributed by atoms with van der Waals surface area (Å²) < 4.78 is 8.51. The van der Waals surface area contributed by atoms with Gasteiger partial charge < -0.3 is 8.98 Å². The molecule has 3 aromatic carbocycles. The van der Waals surface area contributed by atoms with E-state index < -0.39 is 0 Å². The number of rotatable bonds is 1. The smallest absolute Gasteiger partial charge is 0.137 e. The van der Waals surface area contributed by atoms with Gasteiger partial charge in [-0.05, 0) is 29.7 Å². The number of hydrogen-bond acceptors (Lipinski definition) is 1. The molecule has 0 aliphatic rings. The summed E-state index contributed by atoms with van der Waals surface area (Å²) in [6.45, 7) is 4.51. The van der Waals surface area contributed by atoms with Gasteiger partial charge >= 0.3 is 0 Å². The molecule has 0 aliphatic heterocycles. The van der Waals surface area contributed by atoms with Crippen LogP contribution in [-0.2, 0) is 7.05 Å². The minimum Gasteiger partial charge on any atom is -0.456 e. The molecule has 24 heavy (non-hydrogen) atoms. The summed E-state index contributed by atoms with van der Waals surface area (Å²) in [5, 5.41) is 5.11. The zero-order valence-electron chi connectivity index (χ0n) is 14.1. The molecule has 0 unspecified atom stereocenters. The third-order valence-electron chi connectivity index (χ3n) is 5.16. The second kappa shape index (κ2) is 4.64. The Balaban J connectivity index is 2.18. The van der Waals surface area contributed by atoms with Crippen molar-refractivity contribution < 1.29 is 4.42 Å². The molecule has 0 aliphatic carbocycles. The van der Waals surface area contributed by atoms with E-state index in [0.717, 1.165) is 11.2 Å². The first-order chi connectivity index (χ1) is 11.7. The highest BCUT2D eigenvalue weighted by Crippen LogP contribution is 2.42. The number of aromatic nitrogens is 1. The summed E-state index contributed by atoms with van der Waals surface area (Å²) in [7, 11) is 2.16. The Bertz CT molecular complexity index is 1240. The summed E-state index contributed by atoms with van der Waals surface area (Å²) in [6, 6.07) is 19.3. The molecule has 5 rings (SSSR count). The minimum atomic E-state index is 0.441. The molecule has 0 radical (unpaired) electrons. The van der Waals surface area contributed by atoms with Crippen molar-refractivity contribution in [2.45, 2.75) is 19.8 Å². The second-order valence-corrected chi connectivity index (χ2v) is 6.89. The predicted molar refractivity (Wildman–Crippen MR) is 102 cm³/mol. The van der Waals surface area contributed by atoms with Crippen LogP contribution < -0.4 is 0 Å². The molecule has 2 nitrogen and oxygen atoms in total. The second-order valence-electron chi connectivity index (χ2n) is 6.89. The van der Waals surface area contributed by atoms with Crippen molar-refractivity contribution in [3.8, 4) is 0 Å². The number of aryl methyl sites for hydroxylation is 1. The van der Waals surface area contributed by atoms with E-state index in [2.05, 4.69) is 74.0 Å². The zero-order valence-corrected chi connectivity index (χ0v) is 14.1. The third kappa shape index (κ3) is 1.60. The van der Waals surface area contributed by atoms with Gasteiger partial charge in [-0.3, -0.25) is 0 Å². The number of nitrogens with zero attached hydrogens (tertiary/aromatic N) is 1. The maximum atomic E-state index is 6.19. The number of hydrogen-bond donors (Lipinski definition) is 0. The summed E-state index contributed by atoms with van der Waals surface area (Å²) in [5.74, 6) is 0.441. The van der Waals surface area contributed by atoms with Crippen LogP contribution in [-0.4, -0.2) is 4.57 Å². The predicted octanol–water partition coefficient (Wildman–Crippen LogP) is 6.35. The standard InChI is InChI=1S/C22H19NO/c1-13(2)16-12-19-21(15-9-5-7-11-18(15)24-19)22-20(16)14-8-4-6-10-17(14)23(22)3/h4-13H,1-3H3. The van der Waals surface area contributed by atoms with Crippen LogP contribution in [0.5, 0.6) is 0 Å². The van der Waals surface area contributed by atoms with Crippen LogP contribution in [0.1, 0.15) is 25.3 Å². The van der Waals surface area contributed by atoms with E-state index in [0.29, 0.717) is 5.92 Å². The van der Waals surface area contributed by atoms with Gasteiger partial charge in [-0.25, -0.2) is 0 Å². The molecule has 2 aromatic heterocycles. The maximum Gasteiger partial charge on any atom is 0.137 e. The van der Waals surface area contributed by atoms with Crippen molar-refractivity contribution in [1.82, 2.24) is 4.57 Å². The van der Waals surface area contributed by atoms with Crippen LogP contribution in [0.25, 0.3) is 43.7 Å². The highest BCUT2D eigenvalue weighted by molar-refractivity contribution is 6.25. The molecule has 2 heteroatoms. The SMILES string of the molecule is CC(C)c1cc2oc3ccccc3c2c2c1c1ccccc1n2C. The van der Waals surface area contributed by atoms with Crippen molar-refractivity contribution in [1.29, 1.82) is 0 Å². The summed E-state index contributed by atoms with van der Waals surface area (Å²) in [5.41, 5.74) is 5.85. The van der Waals surface area contributed by atoms with Gasteiger partial charge in [0.15, 0.2) is 0 Å².